The minimum atomic E-state index is -1.08. The number of amides is 2. The van der Waals surface area contributed by atoms with E-state index in [0.717, 1.165) is 30.8 Å². The van der Waals surface area contributed by atoms with E-state index >= 15 is 0 Å². The summed E-state index contributed by atoms with van der Waals surface area (Å²) in [7, 11) is 0.704. The second kappa shape index (κ2) is 11.9. The van der Waals surface area contributed by atoms with Crippen LogP contribution in [0.15, 0.2) is 54.6 Å². The zero-order valence-corrected chi connectivity index (χ0v) is 19.6. The minimum Gasteiger partial charge on any atom is -0.337 e. The van der Waals surface area contributed by atoms with Gasteiger partial charge in [0, 0.05) is 32.1 Å². The first-order valence-electron chi connectivity index (χ1n) is 10.9. The Labute approximate surface area is 192 Å². The molecule has 8 heteroatoms. The lowest BCUT2D eigenvalue weighted by atomic mass is 10.0. The van der Waals surface area contributed by atoms with Gasteiger partial charge in [0.05, 0.1) is 17.0 Å². The van der Waals surface area contributed by atoms with Crippen LogP contribution in [0.1, 0.15) is 36.4 Å². The van der Waals surface area contributed by atoms with E-state index in [1.54, 1.807) is 30.3 Å². The molecule has 2 N–H and O–H groups in total. The first kappa shape index (κ1) is 24.1. The van der Waals surface area contributed by atoms with E-state index < -0.39 is 11.0 Å². The van der Waals surface area contributed by atoms with Crippen LogP contribution >= 0.6 is 0 Å². The number of nitrogens with zero attached hydrogens (tertiary/aromatic N) is 2. The summed E-state index contributed by atoms with van der Waals surface area (Å²) < 4.78 is 14.0. The fourth-order valence-corrected chi connectivity index (χ4v) is 4.24. The number of likely N-dealkylation sites (tertiary alicyclic amines) is 1. The highest BCUT2D eigenvalue weighted by Crippen LogP contribution is 2.23. The highest BCUT2D eigenvalue weighted by atomic mass is 32.2. The second-order valence-electron chi connectivity index (χ2n) is 8.14. The summed E-state index contributed by atoms with van der Waals surface area (Å²) in [6.07, 6.45) is 3.74. The fourth-order valence-electron chi connectivity index (χ4n) is 3.87. The number of likely N-dealkylation sites (N-methyl/N-ethyl adjacent to an activating group) is 1. The lowest BCUT2D eigenvalue weighted by molar-refractivity contribution is -0.135. The molecular weight excluding hydrogens is 424 g/mol. The fraction of sp³-hybridized carbons (Fsp3) is 0.417. The molecule has 7 nitrogen and oxygen atoms in total. The molecule has 1 fully saturated rings. The Morgan fingerprint density at radius 1 is 1.06 bits per heavy atom. The van der Waals surface area contributed by atoms with Gasteiger partial charge >= 0.3 is 0 Å². The zero-order chi connectivity index (χ0) is 22.9. The van der Waals surface area contributed by atoms with Crippen LogP contribution in [0.3, 0.4) is 0 Å². The molecule has 2 aromatic rings. The average molecular weight is 457 g/mol. The standard InChI is InChI=1S/C24H32N4O3S/c1-27(22(18-28-14-6-7-15-28)20-8-4-3-5-9-20)24(30)16-23(29)26-21-12-10-19(11-13-21)17-25-32(2)31/h3-5,8-13,22,25H,6-7,14-18H2,1-2H3,(H,26,29). The predicted octanol–water partition coefficient (Wildman–Crippen LogP) is 2.69. The van der Waals surface area contributed by atoms with Gasteiger partial charge in [0.1, 0.15) is 6.42 Å². The molecule has 172 valence electrons. The molecule has 1 aliphatic rings. The van der Waals surface area contributed by atoms with E-state index in [-0.39, 0.29) is 24.3 Å². The van der Waals surface area contributed by atoms with E-state index in [2.05, 4.69) is 14.9 Å². The molecule has 32 heavy (non-hydrogen) atoms. The van der Waals surface area contributed by atoms with Crippen molar-refractivity contribution in [1.29, 1.82) is 0 Å². The topological polar surface area (TPSA) is 81.8 Å². The number of carbonyl (C=O) groups excluding carboxylic acids is 2. The van der Waals surface area contributed by atoms with Crippen LogP contribution in [0.5, 0.6) is 0 Å². The Bertz CT molecular complexity index is 915. The zero-order valence-electron chi connectivity index (χ0n) is 18.8. The van der Waals surface area contributed by atoms with Gasteiger partial charge in [-0.05, 0) is 49.2 Å². The highest BCUT2D eigenvalue weighted by Gasteiger charge is 2.26. The third-order valence-electron chi connectivity index (χ3n) is 5.70. The number of hydrogen-bond donors (Lipinski definition) is 2. The first-order valence-corrected chi connectivity index (χ1v) is 12.5. The molecule has 0 aliphatic carbocycles. The van der Waals surface area contributed by atoms with Crippen LogP contribution in [0.2, 0.25) is 0 Å². The van der Waals surface area contributed by atoms with E-state index in [9.17, 15) is 13.8 Å². The van der Waals surface area contributed by atoms with Gasteiger partial charge in [-0.3, -0.25) is 9.59 Å². The number of anilines is 1. The summed E-state index contributed by atoms with van der Waals surface area (Å²) in [6.45, 7) is 3.35. The molecule has 1 heterocycles. The largest absolute Gasteiger partial charge is 0.337 e. The van der Waals surface area contributed by atoms with Gasteiger partial charge in [0.2, 0.25) is 11.8 Å². The highest BCUT2D eigenvalue weighted by molar-refractivity contribution is 7.82. The van der Waals surface area contributed by atoms with Crippen LogP contribution in [0.25, 0.3) is 0 Å². The van der Waals surface area contributed by atoms with Crippen molar-refractivity contribution in [2.24, 2.45) is 0 Å². The smallest absolute Gasteiger partial charge is 0.233 e. The molecule has 2 aromatic carbocycles. The number of benzene rings is 2. The van der Waals surface area contributed by atoms with Crippen molar-refractivity contribution < 1.29 is 13.8 Å². The Morgan fingerprint density at radius 2 is 1.72 bits per heavy atom. The molecule has 0 radical (unpaired) electrons. The summed E-state index contributed by atoms with van der Waals surface area (Å²) in [5.74, 6) is -0.544. The van der Waals surface area contributed by atoms with Crippen molar-refractivity contribution in [2.45, 2.75) is 31.8 Å². The van der Waals surface area contributed by atoms with Gasteiger partial charge in [-0.2, -0.15) is 0 Å². The SMILES string of the molecule is CN(C(=O)CC(=O)Nc1ccc(CNS(C)=O)cc1)C(CN1CCCC1)c1ccccc1. The van der Waals surface area contributed by atoms with Crippen LogP contribution in [-0.4, -0.2) is 58.8 Å². The number of hydrogen-bond acceptors (Lipinski definition) is 4. The van der Waals surface area contributed by atoms with Gasteiger partial charge in [-0.1, -0.05) is 42.5 Å². The van der Waals surface area contributed by atoms with E-state index in [1.165, 1.54) is 12.8 Å². The van der Waals surface area contributed by atoms with Crippen LogP contribution in [-0.2, 0) is 27.1 Å². The molecule has 0 spiro atoms. The van der Waals surface area contributed by atoms with Gasteiger partial charge in [-0.15, -0.1) is 0 Å². The predicted molar refractivity (Wildman–Crippen MR) is 128 cm³/mol. The van der Waals surface area contributed by atoms with Crippen molar-refractivity contribution in [3.63, 3.8) is 0 Å². The molecule has 2 unspecified atom stereocenters. The molecule has 2 atom stereocenters. The lowest BCUT2D eigenvalue weighted by Gasteiger charge is -2.32. The molecule has 1 aliphatic heterocycles. The third-order valence-corrected chi connectivity index (χ3v) is 6.25. The maximum atomic E-state index is 12.9. The summed E-state index contributed by atoms with van der Waals surface area (Å²) in [5, 5.41) is 2.79. The first-order chi connectivity index (χ1) is 15.4. The van der Waals surface area contributed by atoms with Crippen molar-refractivity contribution in [1.82, 2.24) is 14.5 Å². The van der Waals surface area contributed by atoms with Crippen molar-refractivity contribution in [3.8, 4) is 0 Å². The van der Waals surface area contributed by atoms with Gasteiger partial charge < -0.3 is 15.1 Å². The summed E-state index contributed by atoms with van der Waals surface area (Å²) in [5.41, 5.74) is 2.66. The summed E-state index contributed by atoms with van der Waals surface area (Å²) in [4.78, 5) is 29.5. The molecule has 2 amide bonds. The molecule has 3 rings (SSSR count). The molecule has 0 saturated carbocycles. The molecule has 0 aromatic heterocycles. The van der Waals surface area contributed by atoms with Crippen molar-refractivity contribution >= 4 is 28.5 Å². The monoisotopic (exact) mass is 456 g/mol. The molecular formula is C24H32N4O3S. The van der Waals surface area contributed by atoms with Crippen LogP contribution < -0.4 is 10.0 Å². The van der Waals surface area contributed by atoms with Crippen LogP contribution in [0, 0.1) is 0 Å². The summed E-state index contributed by atoms with van der Waals surface area (Å²) >= 11 is 0. The lowest BCUT2D eigenvalue weighted by Crippen LogP contribution is -2.39. The number of rotatable bonds is 10. The van der Waals surface area contributed by atoms with Gasteiger partial charge in [-0.25, -0.2) is 8.93 Å². The van der Waals surface area contributed by atoms with Gasteiger partial charge in [0.15, 0.2) is 0 Å². The normalized spacial score (nSPS) is 15.8. The maximum absolute atomic E-state index is 12.9. The summed E-state index contributed by atoms with van der Waals surface area (Å²) in [6, 6.07) is 17.2. The molecule has 1 saturated heterocycles. The van der Waals surface area contributed by atoms with Gasteiger partial charge in [0.25, 0.3) is 0 Å². The van der Waals surface area contributed by atoms with E-state index in [4.69, 9.17) is 0 Å². The maximum Gasteiger partial charge on any atom is 0.233 e. The van der Waals surface area contributed by atoms with Crippen LogP contribution in [0.4, 0.5) is 5.69 Å². The Balaban J connectivity index is 1.58. The van der Waals surface area contributed by atoms with Crippen molar-refractivity contribution in [3.05, 3.63) is 65.7 Å². The minimum absolute atomic E-state index is 0.0921. The Morgan fingerprint density at radius 3 is 2.34 bits per heavy atom. The number of nitrogens with one attached hydrogen (secondary N) is 2. The van der Waals surface area contributed by atoms with E-state index in [1.807, 2.05) is 42.5 Å². The molecule has 0 bridgehead atoms. The second-order valence-corrected chi connectivity index (χ2v) is 9.33. The third kappa shape index (κ3) is 7.25. The Hall–Kier alpha value is -2.55. The number of carbonyl (C=O) groups is 2. The van der Waals surface area contributed by atoms with E-state index in [0.29, 0.717) is 12.2 Å². The van der Waals surface area contributed by atoms with Crippen molar-refractivity contribution in [2.75, 3.05) is 38.3 Å². The average Bonchev–Trinajstić information content (AvgIpc) is 3.30. The quantitative estimate of drug-likeness (QED) is 0.539. The Kier molecular flexibility index (Phi) is 8.96.